The number of hydrogen-bond donors (Lipinski definition) is 1. The smallest absolute Gasteiger partial charge is 0.239 e. The standard InChI is InChI=1S/C15H12NO5/c17-13-7-8-14(18)16(13,20)21-15(19)12-6-5-10-3-1-2-4-11(10)9-12/h1-6,9,20H,7-8H2/q+1. The van der Waals surface area contributed by atoms with E-state index < -0.39 is 22.6 Å². The van der Waals surface area contributed by atoms with E-state index in [-0.39, 0.29) is 18.4 Å². The van der Waals surface area contributed by atoms with Crippen LogP contribution in [-0.2, 0) is 14.4 Å². The molecule has 0 unspecified atom stereocenters. The average molecular weight is 286 g/mol. The molecule has 0 aliphatic carbocycles. The molecule has 0 radical (unpaired) electrons. The number of rotatable bonds is 2. The molecule has 1 N–H and O–H groups in total. The summed E-state index contributed by atoms with van der Waals surface area (Å²) in [6.07, 6.45) is -0.277. The molecular weight excluding hydrogens is 274 g/mol. The summed E-state index contributed by atoms with van der Waals surface area (Å²) >= 11 is 0. The second-order valence-electron chi connectivity index (χ2n) is 4.80. The van der Waals surface area contributed by atoms with Crippen LogP contribution in [-0.4, -0.2) is 27.8 Å². The number of nitrogens with zero attached hydrogens (tertiary/aromatic N) is 1. The molecule has 1 aliphatic heterocycles. The van der Waals surface area contributed by atoms with Gasteiger partial charge >= 0.3 is 17.8 Å². The fraction of sp³-hybridized carbons (Fsp3) is 0.133. The minimum Gasteiger partial charge on any atom is -0.239 e. The van der Waals surface area contributed by atoms with E-state index in [4.69, 9.17) is 4.84 Å². The van der Waals surface area contributed by atoms with Crippen molar-refractivity contribution in [3.05, 3.63) is 48.0 Å². The molecule has 0 spiro atoms. The van der Waals surface area contributed by atoms with Gasteiger partial charge in [-0.05, 0) is 22.9 Å². The van der Waals surface area contributed by atoms with E-state index in [0.717, 1.165) is 10.8 Å². The van der Waals surface area contributed by atoms with Gasteiger partial charge in [-0.25, -0.2) is 19.2 Å². The van der Waals surface area contributed by atoms with Crippen molar-refractivity contribution in [3.63, 3.8) is 0 Å². The molecule has 6 heteroatoms. The molecule has 2 amide bonds. The topological polar surface area (TPSA) is 80.7 Å². The Hall–Kier alpha value is -2.57. The molecule has 2 aromatic carbocycles. The minimum absolute atomic E-state index is 0.139. The lowest BCUT2D eigenvalue weighted by Crippen LogP contribution is -2.50. The van der Waals surface area contributed by atoms with E-state index >= 15 is 0 Å². The lowest BCUT2D eigenvalue weighted by Gasteiger charge is -2.15. The molecule has 2 aromatic rings. The van der Waals surface area contributed by atoms with Gasteiger partial charge in [-0.15, -0.1) is 0 Å². The van der Waals surface area contributed by atoms with Crippen LogP contribution in [0.25, 0.3) is 10.8 Å². The summed E-state index contributed by atoms with van der Waals surface area (Å²) in [6, 6.07) is 12.2. The summed E-state index contributed by atoms with van der Waals surface area (Å²) in [5, 5.41) is 11.6. The molecular formula is C15H12NO5+. The van der Waals surface area contributed by atoms with Gasteiger partial charge in [0, 0.05) is 0 Å². The number of carbonyl (C=O) groups is 3. The van der Waals surface area contributed by atoms with Crippen molar-refractivity contribution in [2.24, 2.45) is 0 Å². The second kappa shape index (κ2) is 4.76. The number of quaternary nitrogens is 1. The summed E-state index contributed by atoms with van der Waals surface area (Å²) in [5.74, 6) is -2.60. The van der Waals surface area contributed by atoms with Crippen molar-refractivity contribution < 1.29 is 29.2 Å². The van der Waals surface area contributed by atoms with Crippen LogP contribution in [0, 0.1) is 0 Å². The Morgan fingerprint density at radius 2 is 1.62 bits per heavy atom. The van der Waals surface area contributed by atoms with Gasteiger partial charge in [0.25, 0.3) is 0 Å². The molecule has 0 saturated carbocycles. The van der Waals surface area contributed by atoms with E-state index in [0.29, 0.717) is 0 Å². The predicted molar refractivity (Wildman–Crippen MR) is 70.7 cm³/mol. The van der Waals surface area contributed by atoms with Gasteiger partial charge in [-0.2, -0.15) is 5.21 Å². The van der Waals surface area contributed by atoms with Crippen LogP contribution in [0.4, 0.5) is 0 Å². The van der Waals surface area contributed by atoms with Gasteiger partial charge in [0.2, 0.25) is 0 Å². The first-order chi connectivity index (χ1) is 10.0. The summed E-state index contributed by atoms with van der Waals surface area (Å²) < 4.78 is 0. The SMILES string of the molecule is O=C(O[N+]1(O)C(=O)CCC1=O)c1ccc2ccccc2c1. The fourth-order valence-electron chi connectivity index (χ4n) is 2.25. The Bertz CT molecular complexity index is 752. The summed E-state index contributed by atoms with van der Waals surface area (Å²) in [4.78, 5) is 37.9. The molecule has 3 rings (SSSR count). The molecule has 1 saturated heterocycles. The minimum atomic E-state index is -1.90. The Balaban J connectivity index is 1.90. The Morgan fingerprint density at radius 1 is 1.00 bits per heavy atom. The molecule has 1 heterocycles. The van der Waals surface area contributed by atoms with Crippen molar-refractivity contribution in [3.8, 4) is 0 Å². The quantitative estimate of drug-likeness (QED) is 0.518. The van der Waals surface area contributed by atoms with Crippen LogP contribution in [0.3, 0.4) is 0 Å². The van der Waals surface area contributed by atoms with Gasteiger partial charge in [-0.1, -0.05) is 30.3 Å². The van der Waals surface area contributed by atoms with Crippen molar-refractivity contribution in [2.75, 3.05) is 0 Å². The van der Waals surface area contributed by atoms with Crippen molar-refractivity contribution in [1.29, 1.82) is 0 Å². The number of imide groups is 1. The maximum absolute atomic E-state index is 12.0. The van der Waals surface area contributed by atoms with Crippen LogP contribution in [0.2, 0.25) is 0 Å². The van der Waals surface area contributed by atoms with Gasteiger partial charge in [0.05, 0.1) is 18.4 Å². The molecule has 0 bridgehead atoms. The lowest BCUT2D eigenvalue weighted by atomic mass is 10.1. The van der Waals surface area contributed by atoms with Gasteiger partial charge in [0.15, 0.2) is 0 Å². The van der Waals surface area contributed by atoms with Gasteiger partial charge < -0.3 is 0 Å². The molecule has 0 atom stereocenters. The summed E-state index contributed by atoms with van der Waals surface area (Å²) in [6.45, 7) is 0. The number of carbonyl (C=O) groups excluding carboxylic acids is 3. The number of benzene rings is 2. The third kappa shape index (κ3) is 2.20. The first kappa shape index (κ1) is 13.4. The highest BCUT2D eigenvalue weighted by atomic mass is 17.0. The van der Waals surface area contributed by atoms with E-state index in [1.807, 2.05) is 24.3 Å². The van der Waals surface area contributed by atoms with Gasteiger partial charge in [-0.3, -0.25) is 0 Å². The number of hydrogen-bond acceptors (Lipinski definition) is 5. The van der Waals surface area contributed by atoms with Crippen LogP contribution in [0.15, 0.2) is 42.5 Å². The molecule has 0 aromatic heterocycles. The maximum atomic E-state index is 12.0. The van der Waals surface area contributed by atoms with Crippen LogP contribution in [0.5, 0.6) is 0 Å². The third-order valence-electron chi connectivity index (χ3n) is 3.43. The fourth-order valence-corrected chi connectivity index (χ4v) is 2.25. The summed E-state index contributed by atoms with van der Waals surface area (Å²) in [7, 11) is 0. The largest absolute Gasteiger partial charge is 0.403 e. The highest BCUT2D eigenvalue weighted by molar-refractivity contribution is 5.97. The number of fused-ring (bicyclic) bond motifs is 1. The highest BCUT2D eigenvalue weighted by Crippen LogP contribution is 2.23. The van der Waals surface area contributed by atoms with E-state index in [1.54, 1.807) is 12.1 Å². The zero-order valence-corrected chi connectivity index (χ0v) is 11.0. The average Bonchev–Trinajstić information content (AvgIpc) is 2.74. The first-order valence-electron chi connectivity index (χ1n) is 6.42. The Kier molecular flexibility index (Phi) is 3.04. The summed E-state index contributed by atoms with van der Waals surface area (Å²) in [5.41, 5.74) is 0.160. The maximum Gasteiger partial charge on any atom is 0.403 e. The third-order valence-corrected chi connectivity index (χ3v) is 3.43. The number of amides is 2. The van der Waals surface area contributed by atoms with E-state index in [2.05, 4.69) is 0 Å². The molecule has 1 fully saturated rings. The zero-order valence-electron chi connectivity index (χ0n) is 11.0. The molecule has 21 heavy (non-hydrogen) atoms. The highest BCUT2D eigenvalue weighted by Gasteiger charge is 2.55. The molecule has 6 nitrogen and oxygen atoms in total. The molecule has 106 valence electrons. The van der Waals surface area contributed by atoms with E-state index in [1.165, 1.54) is 6.07 Å². The van der Waals surface area contributed by atoms with Crippen molar-refractivity contribution >= 4 is 28.6 Å². The Labute approximate surface area is 119 Å². The first-order valence-corrected chi connectivity index (χ1v) is 6.42. The number of hydroxylamine groups is 4. The van der Waals surface area contributed by atoms with E-state index in [9.17, 15) is 19.6 Å². The van der Waals surface area contributed by atoms with Crippen LogP contribution in [0.1, 0.15) is 23.2 Å². The normalized spacial score (nSPS) is 17.2. The van der Waals surface area contributed by atoms with Crippen molar-refractivity contribution in [1.82, 2.24) is 0 Å². The monoisotopic (exact) mass is 286 g/mol. The lowest BCUT2D eigenvalue weighted by molar-refractivity contribution is -1.12. The predicted octanol–water partition coefficient (Wildman–Crippen LogP) is 1.96. The van der Waals surface area contributed by atoms with Crippen LogP contribution >= 0.6 is 0 Å². The van der Waals surface area contributed by atoms with Crippen LogP contribution < -0.4 is 0 Å². The van der Waals surface area contributed by atoms with Gasteiger partial charge in [0.1, 0.15) is 4.81 Å². The van der Waals surface area contributed by atoms with Crippen molar-refractivity contribution in [2.45, 2.75) is 12.8 Å². The Morgan fingerprint density at radius 3 is 2.29 bits per heavy atom. The molecule has 1 aliphatic rings. The zero-order chi connectivity index (χ0) is 15.0. The second-order valence-corrected chi connectivity index (χ2v) is 4.80.